The van der Waals surface area contributed by atoms with E-state index in [1.54, 1.807) is 24.3 Å². The molecule has 0 aliphatic heterocycles. The minimum Gasteiger partial charge on any atom is -0.399 e. The Hall–Kier alpha value is -2.07. The third kappa shape index (κ3) is 2.99. The van der Waals surface area contributed by atoms with Crippen molar-refractivity contribution < 1.29 is 4.79 Å². The standard InChI is InChI=1S/C13H12ClN3O/c1-8-3-2-4-12(16-8)17-13(18)9-5-10(14)7-11(15)6-9/h2-7H,15H2,1H3,(H,16,17,18). The van der Waals surface area contributed by atoms with Gasteiger partial charge in [0.25, 0.3) is 5.91 Å². The third-order valence-corrected chi connectivity index (χ3v) is 2.53. The predicted molar refractivity (Wildman–Crippen MR) is 72.8 cm³/mol. The Balaban J connectivity index is 2.22. The van der Waals surface area contributed by atoms with Gasteiger partial charge in [-0.3, -0.25) is 4.79 Å². The normalized spacial score (nSPS) is 10.1. The number of amides is 1. The zero-order chi connectivity index (χ0) is 13.1. The Morgan fingerprint density at radius 1 is 1.33 bits per heavy atom. The number of nitrogens with two attached hydrogens (primary N) is 1. The number of rotatable bonds is 2. The summed E-state index contributed by atoms with van der Waals surface area (Å²) in [5, 5.41) is 3.12. The summed E-state index contributed by atoms with van der Waals surface area (Å²) >= 11 is 5.85. The number of halogens is 1. The smallest absolute Gasteiger partial charge is 0.256 e. The van der Waals surface area contributed by atoms with Crippen molar-refractivity contribution in [3.8, 4) is 0 Å². The summed E-state index contributed by atoms with van der Waals surface area (Å²) in [7, 11) is 0. The lowest BCUT2D eigenvalue weighted by atomic mass is 10.2. The average molecular weight is 262 g/mol. The molecular weight excluding hydrogens is 250 g/mol. The van der Waals surface area contributed by atoms with Crippen molar-refractivity contribution in [2.75, 3.05) is 11.1 Å². The van der Waals surface area contributed by atoms with Gasteiger partial charge in [-0.15, -0.1) is 0 Å². The number of nitrogens with zero attached hydrogens (tertiary/aromatic N) is 1. The summed E-state index contributed by atoms with van der Waals surface area (Å²) in [5.41, 5.74) is 7.32. The van der Waals surface area contributed by atoms with Crippen LogP contribution in [0.1, 0.15) is 16.1 Å². The molecule has 0 radical (unpaired) electrons. The number of nitrogens with one attached hydrogen (secondary N) is 1. The molecule has 0 fully saturated rings. The van der Waals surface area contributed by atoms with Crippen LogP contribution in [0, 0.1) is 6.92 Å². The van der Waals surface area contributed by atoms with E-state index in [9.17, 15) is 4.79 Å². The highest BCUT2D eigenvalue weighted by molar-refractivity contribution is 6.31. The van der Waals surface area contributed by atoms with E-state index in [2.05, 4.69) is 10.3 Å². The fourth-order valence-corrected chi connectivity index (χ4v) is 1.79. The van der Waals surface area contributed by atoms with Gasteiger partial charge in [0.15, 0.2) is 0 Å². The first kappa shape index (κ1) is 12.4. The van der Waals surface area contributed by atoms with E-state index in [-0.39, 0.29) is 5.91 Å². The second kappa shape index (κ2) is 5.06. The van der Waals surface area contributed by atoms with E-state index in [0.29, 0.717) is 22.1 Å². The lowest BCUT2D eigenvalue weighted by Gasteiger charge is -2.06. The summed E-state index contributed by atoms with van der Waals surface area (Å²) in [6, 6.07) is 10.1. The van der Waals surface area contributed by atoms with Gasteiger partial charge in [-0.2, -0.15) is 0 Å². The molecule has 1 aromatic carbocycles. The molecule has 0 aliphatic rings. The highest BCUT2D eigenvalue weighted by Crippen LogP contribution is 2.17. The van der Waals surface area contributed by atoms with Crippen molar-refractivity contribution in [3.05, 3.63) is 52.7 Å². The van der Waals surface area contributed by atoms with Gasteiger partial charge in [-0.1, -0.05) is 17.7 Å². The largest absolute Gasteiger partial charge is 0.399 e. The summed E-state index contributed by atoms with van der Waals surface area (Å²) < 4.78 is 0. The number of hydrogen-bond donors (Lipinski definition) is 2. The second-order valence-electron chi connectivity index (χ2n) is 3.89. The lowest BCUT2D eigenvalue weighted by molar-refractivity contribution is 0.102. The molecule has 5 heteroatoms. The quantitative estimate of drug-likeness (QED) is 0.817. The van der Waals surface area contributed by atoms with Gasteiger partial charge in [0, 0.05) is 22.0 Å². The van der Waals surface area contributed by atoms with Crippen LogP contribution in [0.4, 0.5) is 11.5 Å². The Kier molecular flexibility index (Phi) is 3.48. The van der Waals surface area contributed by atoms with Crippen molar-refractivity contribution >= 4 is 29.0 Å². The van der Waals surface area contributed by atoms with E-state index in [1.807, 2.05) is 19.1 Å². The number of aromatic nitrogens is 1. The molecule has 1 amide bonds. The average Bonchev–Trinajstić information content (AvgIpc) is 2.27. The van der Waals surface area contributed by atoms with E-state index >= 15 is 0 Å². The lowest BCUT2D eigenvalue weighted by Crippen LogP contribution is -2.13. The Morgan fingerprint density at radius 3 is 2.78 bits per heavy atom. The van der Waals surface area contributed by atoms with Crippen LogP contribution >= 0.6 is 11.6 Å². The predicted octanol–water partition coefficient (Wildman–Crippen LogP) is 2.88. The number of aryl methyl sites for hydroxylation is 1. The van der Waals surface area contributed by atoms with Crippen LogP contribution in [0.15, 0.2) is 36.4 Å². The summed E-state index contributed by atoms with van der Waals surface area (Å²) in [4.78, 5) is 16.2. The molecule has 0 saturated heterocycles. The van der Waals surface area contributed by atoms with Gasteiger partial charge < -0.3 is 11.1 Å². The van der Waals surface area contributed by atoms with Crippen molar-refractivity contribution in [2.45, 2.75) is 6.92 Å². The minimum atomic E-state index is -0.290. The van der Waals surface area contributed by atoms with E-state index < -0.39 is 0 Å². The third-order valence-electron chi connectivity index (χ3n) is 2.31. The first-order chi connectivity index (χ1) is 8.54. The second-order valence-corrected chi connectivity index (χ2v) is 4.33. The zero-order valence-corrected chi connectivity index (χ0v) is 10.5. The van der Waals surface area contributed by atoms with Gasteiger partial charge in [-0.05, 0) is 37.3 Å². The van der Waals surface area contributed by atoms with Gasteiger partial charge in [0.05, 0.1) is 0 Å². The number of carbonyl (C=O) groups is 1. The number of carbonyl (C=O) groups excluding carboxylic acids is 1. The number of hydrogen-bond acceptors (Lipinski definition) is 3. The van der Waals surface area contributed by atoms with E-state index in [0.717, 1.165) is 5.69 Å². The fourth-order valence-electron chi connectivity index (χ4n) is 1.54. The number of nitrogen functional groups attached to an aromatic ring is 1. The van der Waals surface area contributed by atoms with Crippen LogP contribution < -0.4 is 11.1 Å². The van der Waals surface area contributed by atoms with Gasteiger partial charge in [0.2, 0.25) is 0 Å². The van der Waals surface area contributed by atoms with Gasteiger partial charge >= 0.3 is 0 Å². The van der Waals surface area contributed by atoms with Crippen molar-refractivity contribution in [1.82, 2.24) is 4.98 Å². The molecule has 0 saturated carbocycles. The van der Waals surface area contributed by atoms with Gasteiger partial charge in [0.1, 0.15) is 5.82 Å². The first-order valence-corrected chi connectivity index (χ1v) is 5.73. The highest BCUT2D eigenvalue weighted by atomic mass is 35.5. The van der Waals surface area contributed by atoms with Crippen LogP contribution in [-0.2, 0) is 0 Å². The number of anilines is 2. The van der Waals surface area contributed by atoms with E-state index in [4.69, 9.17) is 17.3 Å². The molecule has 0 unspecified atom stereocenters. The molecule has 0 spiro atoms. The molecule has 2 rings (SSSR count). The zero-order valence-electron chi connectivity index (χ0n) is 9.77. The summed E-state index contributed by atoms with van der Waals surface area (Å²) in [6.07, 6.45) is 0. The number of pyridine rings is 1. The SMILES string of the molecule is Cc1cccc(NC(=O)c2cc(N)cc(Cl)c2)n1. The Bertz CT molecular complexity index is 578. The maximum Gasteiger partial charge on any atom is 0.256 e. The van der Waals surface area contributed by atoms with Crippen LogP contribution in [0.25, 0.3) is 0 Å². The van der Waals surface area contributed by atoms with Crippen molar-refractivity contribution in [2.24, 2.45) is 0 Å². The van der Waals surface area contributed by atoms with Crippen LogP contribution in [0.2, 0.25) is 5.02 Å². The molecule has 92 valence electrons. The molecule has 4 nitrogen and oxygen atoms in total. The Labute approximate surface area is 110 Å². The van der Waals surface area contributed by atoms with Crippen LogP contribution in [-0.4, -0.2) is 10.9 Å². The molecular formula is C13H12ClN3O. The highest BCUT2D eigenvalue weighted by Gasteiger charge is 2.08. The first-order valence-electron chi connectivity index (χ1n) is 5.36. The van der Waals surface area contributed by atoms with E-state index in [1.165, 1.54) is 0 Å². The fraction of sp³-hybridized carbons (Fsp3) is 0.0769. The maximum atomic E-state index is 12.0. The molecule has 3 N–H and O–H groups in total. The van der Waals surface area contributed by atoms with Gasteiger partial charge in [-0.25, -0.2) is 4.98 Å². The topological polar surface area (TPSA) is 68.0 Å². The number of benzene rings is 1. The molecule has 0 atom stereocenters. The Morgan fingerprint density at radius 2 is 2.11 bits per heavy atom. The summed E-state index contributed by atoms with van der Waals surface area (Å²) in [5.74, 6) is 0.209. The molecule has 2 aromatic rings. The summed E-state index contributed by atoms with van der Waals surface area (Å²) in [6.45, 7) is 1.85. The molecule has 0 aliphatic carbocycles. The van der Waals surface area contributed by atoms with Crippen molar-refractivity contribution in [1.29, 1.82) is 0 Å². The molecule has 0 bridgehead atoms. The molecule has 1 aromatic heterocycles. The van der Waals surface area contributed by atoms with Crippen LogP contribution in [0.3, 0.4) is 0 Å². The molecule has 18 heavy (non-hydrogen) atoms. The monoisotopic (exact) mass is 261 g/mol. The van der Waals surface area contributed by atoms with Crippen molar-refractivity contribution in [3.63, 3.8) is 0 Å². The minimum absolute atomic E-state index is 0.290. The maximum absolute atomic E-state index is 12.0. The van der Waals surface area contributed by atoms with Crippen LogP contribution in [0.5, 0.6) is 0 Å². The molecule has 1 heterocycles.